The summed E-state index contributed by atoms with van der Waals surface area (Å²) in [4.78, 5) is 12.0. The molecular formula is C15H24N6O2. The standard InChI is InChI=1S/C15H24N6O2/c1-5-6-12-7-13(21(4)19-12)18-14(22)16-10-15(2,23)11-8-17-20(3)9-11/h7-9,23H,5-6,10H2,1-4H3,(H2,16,18,22). The topological polar surface area (TPSA) is 97.0 Å². The van der Waals surface area contributed by atoms with Crippen LogP contribution >= 0.6 is 0 Å². The maximum absolute atomic E-state index is 12.0. The molecule has 8 nitrogen and oxygen atoms in total. The van der Waals surface area contributed by atoms with Gasteiger partial charge < -0.3 is 10.4 Å². The van der Waals surface area contributed by atoms with Gasteiger partial charge in [0.2, 0.25) is 0 Å². The van der Waals surface area contributed by atoms with Gasteiger partial charge >= 0.3 is 6.03 Å². The SMILES string of the molecule is CCCc1cc(NC(=O)NCC(C)(O)c2cnn(C)c2)n(C)n1. The molecule has 2 aromatic rings. The van der Waals surface area contributed by atoms with Crippen molar-refractivity contribution in [1.82, 2.24) is 24.9 Å². The number of carbonyl (C=O) groups is 1. The number of aromatic nitrogens is 4. The highest BCUT2D eigenvalue weighted by Crippen LogP contribution is 2.18. The lowest BCUT2D eigenvalue weighted by atomic mass is 10.00. The molecule has 0 aromatic carbocycles. The third-order valence-electron chi connectivity index (χ3n) is 3.60. The van der Waals surface area contributed by atoms with Crippen molar-refractivity contribution in [2.45, 2.75) is 32.3 Å². The second-order valence-corrected chi connectivity index (χ2v) is 5.88. The minimum Gasteiger partial charge on any atom is -0.383 e. The van der Waals surface area contributed by atoms with Crippen LogP contribution in [0.3, 0.4) is 0 Å². The average molecular weight is 320 g/mol. The third-order valence-corrected chi connectivity index (χ3v) is 3.60. The van der Waals surface area contributed by atoms with Crippen molar-refractivity contribution in [3.8, 4) is 0 Å². The van der Waals surface area contributed by atoms with E-state index in [2.05, 4.69) is 27.8 Å². The lowest BCUT2D eigenvalue weighted by molar-refractivity contribution is 0.0599. The highest BCUT2D eigenvalue weighted by Gasteiger charge is 2.25. The molecule has 3 N–H and O–H groups in total. The Bertz CT molecular complexity index is 673. The fourth-order valence-electron chi connectivity index (χ4n) is 2.24. The second-order valence-electron chi connectivity index (χ2n) is 5.88. The first-order valence-electron chi connectivity index (χ1n) is 7.61. The number of amides is 2. The Morgan fingerprint density at radius 2 is 2.17 bits per heavy atom. The molecule has 0 aliphatic heterocycles. The summed E-state index contributed by atoms with van der Waals surface area (Å²) in [5.74, 6) is 0.618. The number of aliphatic hydroxyl groups is 1. The summed E-state index contributed by atoms with van der Waals surface area (Å²) in [6.45, 7) is 3.78. The fourth-order valence-corrected chi connectivity index (χ4v) is 2.24. The smallest absolute Gasteiger partial charge is 0.320 e. The zero-order valence-corrected chi connectivity index (χ0v) is 14.0. The molecule has 0 aliphatic carbocycles. The van der Waals surface area contributed by atoms with Crippen molar-refractivity contribution in [2.75, 3.05) is 11.9 Å². The molecule has 126 valence electrons. The summed E-state index contributed by atoms with van der Waals surface area (Å²) < 4.78 is 3.23. The van der Waals surface area contributed by atoms with E-state index in [1.165, 1.54) is 0 Å². The summed E-state index contributed by atoms with van der Waals surface area (Å²) in [7, 11) is 3.55. The van der Waals surface area contributed by atoms with Crippen LogP contribution in [0.2, 0.25) is 0 Å². The van der Waals surface area contributed by atoms with E-state index in [9.17, 15) is 9.90 Å². The molecule has 0 fully saturated rings. The summed E-state index contributed by atoms with van der Waals surface area (Å²) in [6.07, 6.45) is 5.17. The van der Waals surface area contributed by atoms with Crippen molar-refractivity contribution in [3.05, 3.63) is 29.7 Å². The van der Waals surface area contributed by atoms with Gasteiger partial charge in [-0.2, -0.15) is 10.2 Å². The number of aryl methyl sites for hydroxylation is 3. The van der Waals surface area contributed by atoms with Gasteiger partial charge in [-0.15, -0.1) is 0 Å². The van der Waals surface area contributed by atoms with E-state index >= 15 is 0 Å². The van der Waals surface area contributed by atoms with E-state index in [1.807, 2.05) is 6.07 Å². The zero-order chi connectivity index (χ0) is 17.0. The van der Waals surface area contributed by atoms with Crippen LogP contribution in [0.15, 0.2) is 18.5 Å². The highest BCUT2D eigenvalue weighted by atomic mass is 16.3. The molecule has 0 radical (unpaired) electrons. The van der Waals surface area contributed by atoms with Crippen LogP contribution in [-0.4, -0.2) is 37.2 Å². The minimum absolute atomic E-state index is 0.0736. The van der Waals surface area contributed by atoms with E-state index in [0.29, 0.717) is 11.4 Å². The van der Waals surface area contributed by atoms with Gasteiger partial charge in [-0.25, -0.2) is 4.79 Å². The maximum Gasteiger partial charge on any atom is 0.320 e. The molecule has 0 saturated carbocycles. The van der Waals surface area contributed by atoms with Crippen molar-refractivity contribution >= 4 is 11.8 Å². The van der Waals surface area contributed by atoms with E-state index in [4.69, 9.17) is 0 Å². The van der Waals surface area contributed by atoms with Gasteiger partial charge in [0, 0.05) is 31.9 Å². The monoisotopic (exact) mass is 320 g/mol. The first-order chi connectivity index (χ1) is 10.8. The molecule has 0 saturated heterocycles. The number of carbonyl (C=O) groups excluding carboxylic acids is 1. The number of nitrogens with one attached hydrogen (secondary N) is 2. The molecule has 2 heterocycles. The van der Waals surface area contributed by atoms with Crippen molar-refractivity contribution in [3.63, 3.8) is 0 Å². The number of urea groups is 1. The molecule has 1 atom stereocenters. The lowest BCUT2D eigenvalue weighted by Crippen LogP contribution is -2.40. The Labute approximate surface area is 135 Å². The van der Waals surface area contributed by atoms with Gasteiger partial charge in [-0.1, -0.05) is 13.3 Å². The van der Waals surface area contributed by atoms with Crippen LogP contribution < -0.4 is 10.6 Å². The van der Waals surface area contributed by atoms with Crippen LogP contribution in [0.1, 0.15) is 31.5 Å². The summed E-state index contributed by atoms with van der Waals surface area (Å²) in [5.41, 5.74) is 0.393. The Morgan fingerprint density at radius 1 is 1.43 bits per heavy atom. The van der Waals surface area contributed by atoms with Gasteiger partial charge in [0.25, 0.3) is 0 Å². The Morgan fingerprint density at radius 3 is 2.78 bits per heavy atom. The molecule has 2 aromatic heterocycles. The van der Waals surface area contributed by atoms with Crippen LogP contribution in [0.5, 0.6) is 0 Å². The lowest BCUT2D eigenvalue weighted by Gasteiger charge is -2.22. The van der Waals surface area contributed by atoms with E-state index in [0.717, 1.165) is 18.5 Å². The first-order valence-corrected chi connectivity index (χ1v) is 7.61. The van der Waals surface area contributed by atoms with Crippen LogP contribution in [0, 0.1) is 0 Å². The Hall–Kier alpha value is -2.35. The number of hydrogen-bond donors (Lipinski definition) is 3. The van der Waals surface area contributed by atoms with Crippen LogP contribution in [-0.2, 0) is 26.1 Å². The van der Waals surface area contributed by atoms with Crippen LogP contribution in [0.4, 0.5) is 10.6 Å². The average Bonchev–Trinajstić information content (AvgIpc) is 3.05. The number of hydrogen-bond acceptors (Lipinski definition) is 4. The van der Waals surface area contributed by atoms with Gasteiger partial charge in [0.1, 0.15) is 11.4 Å². The normalized spacial score (nSPS) is 13.6. The molecular weight excluding hydrogens is 296 g/mol. The van der Waals surface area contributed by atoms with Gasteiger partial charge in [-0.3, -0.25) is 14.7 Å². The quantitative estimate of drug-likeness (QED) is 0.743. The van der Waals surface area contributed by atoms with Crippen molar-refractivity contribution < 1.29 is 9.90 Å². The molecule has 1 unspecified atom stereocenters. The summed E-state index contributed by atoms with van der Waals surface area (Å²) >= 11 is 0. The maximum atomic E-state index is 12.0. The highest BCUT2D eigenvalue weighted by molar-refractivity contribution is 5.88. The largest absolute Gasteiger partial charge is 0.383 e. The molecule has 0 bridgehead atoms. The van der Waals surface area contributed by atoms with E-state index < -0.39 is 5.60 Å². The first kappa shape index (κ1) is 17.0. The van der Waals surface area contributed by atoms with Gasteiger partial charge in [0.15, 0.2) is 0 Å². The molecule has 0 aliphatic rings. The molecule has 2 rings (SSSR count). The number of rotatable bonds is 6. The predicted octanol–water partition coefficient (Wildman–Crippen LogP) is 1.14. The predicted molar refractivity (Wildman–Crippen MR) is 87.0 cm³/mol. The van der Waals surface area contributed by atoms with Crippen molar-refractivity contribution in [2.24, 2.45) is 14.1 Å². The van der Waals surface area contributed by atoms with E-state index in [-0.39, 0.29) is 12.6 Å². The number of nitrogens with zero attached hydrogens (tertiary/aromatic N) is 4. The van der Waals surface area contributed by atoms with Gasteiger partial charge in [0.05, 0.1) is 18.4 Å². The number of anilines is 1. The summed E-state index contributed by atoms with van der Waals surface area (Å²) in [5, 5.41) is 24.2. The fraction of sp³-hybridized carbons (Fsp3) is 0.533. The minimum atomic E-state index is -1.19. The van der Waals surface area contributed by atoms with Gasteiger partial charge in [-0.05, 0) is 13.3 Å². The Balaban J connectivity index is 1.92. The van der Waals surface area contributed by atoms with Crippen molar-refractivity contribution in [1.29, 1.82) is 0 Å². The Kier molecular flexibility index (Phi) is 5.05. The molecule has 8 heteroatoms. The zero-order valence-electron chi connectivity index (χ0n) is 14.0. The van der Waals surface area contributed by atoms with E-state index in [1.54, 1.807) is 42.8 Å². The summed E-state index contributed by atoms with van der Waals surface area (Å²) in [6, 6.07) is 1.46. The molecule has 23 heavy (non-hydrogen) atoms. The molecule has 2 amide bonds. The second kappa shape index (κ2) is 6.82. The molecule has 0 spiro atoms. The van der Waals surface area contributed by atoms with Crippen LogP contribution in [0.25, 0.3) is 0 Å². The third kappa shape index (κ3) is 4.32.